The van der Waals surface area contributed by atoms with Gasteiger partial charge in [-0.3, -0.25) is 0 Å². The Kier molecular flexibility index (Phi) is 3.50. The minimum absolute atomic E-state index is 0.364. The Morgan fingerprint density at radius 3 is 2.78 bits per heavy atom. The van der Waals surface area contributed by atoms with Crippen LogP contribution in [-0.4, -0.2) is 35.7 Å². The van der Waals surface area contributed by atoms with Gasteiger partial charge in [-0.25, -0.2) is 9.59 Å². The zero-order valence-corrected chi connectivity index (χ0v) is 10.2. The quantitative estimate of drug-likeness (QED) is 0.772. The molecule has 5 heteroatoms. The van der Waals surface area contributed by atoms with Crippen molar-refractivity contribution in [3.8, 4) is 0 Å². The lowest BCUT2D eigenvalue weighted by molar-refractivity contribution is 0.0600. The molecule has 2 rings (SSSR count). The number of hydrogen-bond donors (Lipinski definition) is 1. The number of esters is 1. The number of rotatable bonds is 1. The summed E-state index contributed by atoms with van der Waals surface area (Å²) in [6.07, 6.45) is 0.647. The van der Waals surface area contributed by atoms with Crippen LogP contribution < -0.4 is 0 Å². The maximum absolute atomic E-state index is 11.4. The maximum Gasteiger partial charge on any atom is 0.407 e. The van der Waals surface area contributed by atoms with Crippen LogP contribution in [0.1, 0.15) is 27.9 Å². The Hall–Kier alpha value is -2.04. The summed E-state index contributed by atoms with van der Waals surface area (Å²) in [5.74, 6) is -0.364. The molecule has 0 bridgehead atoms. The predicted molar refractivity (Wildman–Crippen MR) is 64.5 cm³/mol. The molecule has 1 aliphatic heterocycles. The minimum atomic E-state index is -0.903. The van der Waals surface area contributed by atoms with Crippen molar-refractivity contribution in [3.63, 3.8) is 0 Å². The smallest absolute Gasteiger partial charge is 0.407 e. The molecule has 1 aromatic rings. The largest absolute Gasteiger partial charge is 0.465 e. The van der Waals surface area contributed by atoms with Gasteiger partial charge in [-0.15, -0.1) is 0 Å². The maximum atomic E-state index is 11.4. The molecule has 18 heavy (non-hydrogen) atoms. The molecule has 96 valence electrons. The SMILES string of the molecule is COC(=O)c1ccc2c(c1)CCCN(C(=O)O)C2. The molecule has 0 aliphatic carbocycles. The fourth-order valence-electron chi connectivity index (χ4n) is 2.17. The Balaban J connectivity index is 2.29. The molecule has 1 aromatic carbocycles. The third kappa shape index (κ3) is 2.45. The van der Waals surface area contributed by atoms with Gasteiger partial charge in [0.15, 0.2) is 0 Å². The molecule has 0 fully saturated rings. The van der Waals surface area contributed by atoms with E-state index in [9.17, 15) is 9.59 Å². The number of carbonyl (C=O) groups excluding carboxylic acids is 1. The van der Waals surface area contributed by atoms with E-state index in [-0.39, 0.29) is 5.97 Å². The Bertz CT molecular complexity index is 484. The van der Waals surface area contributed by atoms with Crippen molar-refractivity contribution in [2.24, 2.45) is 0 Å². The zero-order chi connectivity index (χ0) is 13.1. The first-order valence-corrected chi connectivity index (χ1v) is 5.80. The number of carboxylic acid groups (broad SMARTS) is 1. The topological polar surface area (TPSA) is 66.8 Å². The highest BCUT2D eigenvalue weighted by Crippen LogP contribution is 2.20. The number of carbonyl (C=O) groups is 2. The fraction of sp³-hybridized carbons (Fsp3) is 0.385. The van der Waals surface area contributed by atoms with E-state index in [4.69, 9.17) is 5.11 Å². The van der Waals surface area contributed by atoms with E-state index in [0.717, 1.165) is 24.0 Å². The van der Waals surface area contributed by atoms with Crippen molar-refractivity contribution in [2.45, 2.75) is 19.4 Å². The highest BCUT2D eigenvalue weighted by molar-refractivity contribution is 5.89. The van der Waals surface area contributed by atoms with Crippen molar-refractivity contribution in [3.05, 3.63) is 34.9 Å². The van der Waals surface area contributed by atoms with E-state index >= 15 is 0 Å². The molecule has 0 saturated heterocycles. The molecular formula is C13H15NO4. The summed E-state index contributed by atoms with van der Waals surface area (Å²) < 4.78 is 4.67. The summed E-state index contributed by atoms with van der Waals surface area (Å²) in [7, 11) is 1.35. The van der Waals surface area contributed by atoms with Gasteiger partial charge in [-0.2, -0.15) is 0 Å². The first-order chi connectivity index (χ1) is 8.61. The molecule has 5 nitrogen and oxygen atoms in total. The number of aryl methyl sites for hydroxylation is 1. The fourth-order valence-corrected chi connectivity index (χ4v) is 2.17. The number of methoxy groups -OCH3 is 1. The molecule has 1 aliphatic rings. The van der Waals surface area contributed by atoms with Gasteiger partial charge in [0.1, 0.15) is 0 Å². The molecular weight excluding hydrogens is 234 g/mol. The third-order valence-corrected chi connectivity index (χ3v) is 3.13. The van der Waals surface area contributed by atoms with Crippen LogP contribution in [0.25, 0.3) is 0 Å². The molecule has 1 heterocycles. The number of hydrogen-bond acceptors (Lipinski definition) is 3. The second-order valence-electron chi connectivity index (χ2n) is 4.28. The van der Waals surface area contributed by atoms with Crippen LogP contribution in [0.2, 0.25) is 0 Å². The van der Waals surface area contributed by atoms with Crippen molar-refractivity contribution >= 4 is 12.1 Å². The van der Waals surface area contributed by atoms with Gasteiger partial charge in [-0.1, -0.05) is 6.07 Å². The normalized spacial score (nSPS) is 14.6. The predicted octanol–water partition coefficient (Wildman–Crippen LogP) is 1.90. The van der Waals surface area contributed by atoms with E-state index < -0.39 is 6.09 Å². The second kappa shape index (κ2) is 5.08. The van der Waals surface area contributed by atoms with Crippen molar-refractivity contribution in [1.29, 1.82) is 0 Å². The Morgan fingerprint density at radius 2 is 2.11 bits per heavy atom. The van der Waals surface area contributed by atoms with Crippen molar-refractivity contribution < 1.29 is 19.4 Å². The summed E-state index contributed by atoms with van der Waals surface area (Å²) >= 11 is 0. The van der Waals surface area contributed by atoms with Crippen LogP contribution in [0.15, 0.2) is 18.2 Å². The van der Waals surface area contributed by atoms with Crippen LogP contribution in [0.4, 0.5) is 4.79 Å². The lowest BCUT2D eigenvalue weighted by Crippen LogP contribution is -2.28. The average Bonchev–Trinajstić information content (AvgIpc) is 2.58. The summed E-state index contributed by atoms with van der Waals surface area (Å²) in [4.78, 5) is 23.8. The Labute approximate surface area is 105 Å². The first-order valence-electron chi connectivity index (χ1n) is 5.80. The number of benzene rings is 1. The van der Waals surface area contributed by atoms with Gasteiger partial charge in [0.2, 0.25) is 0 Å². The minimum Gasteiger partial charge on any atom is -0.465 e. The van der Waals surface area contributed by atoms with Crippen LogP contribution in [-0.2, 0) is 17.7 Å². The lowest BCUT2D eigenvalue weighted by Gasteiger charge is -2.16. The third-order valence-electron chi connectivity index (χ3n) is 3.13. The Morgan fingerprint density at radius 1 is 1.33 bits per heavy atom. The van der Waals surface area contributed by atoms with Crippen LogP contribution >= 0.6 is 0 Å². The number of nitrogens with zero attached hydrogens (tertiary/aromatic N) is 1. The standard InChI is InChI=1S/C13H15NO4/c1-18-12(15)10-4-5-11-8-14(13(16)17)6-2-3-9(11)7-10/h4-5,7H,2-3,6,8H2,1H3,(H,16,17). The first kappa shape index (κ1) is 12.4. The molecule has 0 aromatic heterocycles. The second-order valence-corrected chi connectivity index (χ2v) is 4.28. The van der Waals surface area contributed by atoms with Gasteiger partial charge < -0.3 is 14.7 Å². The van der Waals surface area contributed by atoms with E-state index in [1.54, 1.807) is 12.1 Å². The van der Waals surface area contributed by atoms with Gasteiger partial charge in [0.05, 0.1) is 12.7 Å². The molecule has 0 atom stereocenters. The monoisotopic (exact) mass is 249 g/mol. The highest BCUT2D eigenvalue weighted by atomic mass is 16.5. The summed E-state index contributed by atoms with van der Waals surface area (Å²) in [5.41, 5.74) is 2.50. The van der Waals surface area contributed by atoms with Gasteiger partial charge in [0.25, 0.3) is 0 Å². The van der Waals surface area contributed by atoms with Crippen LogP contribution in [0.5, 0.6) is 0 Å². The summed E-state index contributed by atoms with van der Waals surface area (Å²) in [6, 6.07) is 5.28. The molecule has 0 unspecified atom stereocenters. The number of ether oxygens (including phenoxy) is 1. The highest BCUT2D eigenvalue weighted by Gasteiger charge is 2.19. The van der Waals surface area contributed by atoms with E-state index in [1.165, 1.54) is 12.0 Å². The van der Waals surface area contributed by atoms with Gasteiger partial charge in [0, 0.05) is 13.1 Å². The lowest BCUT2D eigenvalue weighted by atomic mass is 10.0. The zero-order valence-electron chi connectivity index (χ0n) is 10.2. The molecule has 0 saturated carbocycles. The summed E-state index contributed by atoms with van der Waals surface area (Å²) in [5, 5.41) is 9.02. The number of amides is 1. The van der Waals surface area contributed by atoms with Crippen molar-refractivity contribution in [2.75, 3.05) is 13.7 Å². The van der Waals surface area contributed by atoms with E-state index in [2.05, 4.69) is 4.74 Å². The average molecular weight is 249 g/mol. The van der Waals surface area contributed by atoms with Crippen LogP contribution in [0, 0.1) is 0 Å². The molecule has 1 amide bonds. The van der Waals surface area contributed by atoms with Gasteiger partial charge in [-0.05, 0) is 36.1 Å². The van der Waals surface area contributed by atoms with E-state index in [0.29, 0.717) is 18.7 Å². The van der Waals surface area contributed by atoms with E-state index in [1.807, 2.05) is 6.07 Å². The molecule has 0 radical (unpaired) electrons. The molecule has 0 spiro atoms. The van der Waals surface area contributed by atoms with Crippen LogP contribution in [0.3, 0.4) is 0 Å². The van der Waals surface area contributed by atoms with Gasteiger partial charge >= 0.3 is 12.1 Å². The number of fused-ring (bicyclic) bond motifs is 1. The summed E-state index contributed by atoms with van der Waals surface area (Å²) in [6.45, 7) is 0.906. The van der Waals surface area contributed by atoms with Crippen molar-refractivity contribution in [1.82, 2.24) is 4.90 Å². The molecule has 1 N–H and O–H groups in total.